The van der Waals surface area contributed by atoms with Crippen molar-refractivity contribution < 1.29 is 17.9 Å². The molecule has 0 radical (unpaired) electrons. The molecule has 0 spiro atoms. The van der Waals surface area contributed by atoms with Crippen molar-refractivity contribution in [1.29, 1.82) is 0 Å². The van der Waals surface area contributed by atoms with E-state index in [1.54, 1.807) is 0 Å². The molecule has 6 nitrogen and oxygen atoms in total. The lowest BCUT2D eigenvalue weighted by atomic mass is 10.3. The van der Waals surface area contributed by atoms with Crippen LogP contribution < -0.4 is 10.1 Å². The van der Waals surface area contributed by atoms with Crippen molar-refractivity contribution in [2.75, 3.05) is 32.5 Å². The normalized spacial score (nSPS) is 11.2. The van der Waals surface area contributed by atoms with E-state index in [0.717, 1.165) is 6.26 Å². The third-order valence-electron chi connectivity index (χ3n) is 2.83. The topological polar surface area (TPSA) is 75.7 Å². The Morgan fingerprint density at radius 1 is 1.36 bits per heavy atom. The number of ether oxygens (including phenoxy) is 1. The fraction of sp³-hybridized carbons (Fsp3) is 0.400. The maximum atomic E-state index is 11.6. The van der Waals surface area contributed by atoms with E-state index in [9.17, 15) is 13.2 Å². The highest BCUT2D eigenvalue weighted by molar-refractivity contribution is 7.88. The molecular weight excluding hydrogens is 304 g/mol. The number of sulfonamides is 1. The summed E-state index contributed by atoms with van der Waals surface area (Å²) in [4.78, 5) is 11.6. The average molecular weight is 326 g/mol. The second-order valence-electron chi connectivity index (χ2n) is 4.67. The van der Waals surface area contributed by atoms with Crippen molar-refractivity contribution in [1.82, 2.24) is 9.62 Å². The van der Waals surface area contributed by atoms with E-state index in [2.05, 4.69) is 11.9 Å². The lowest BCUT2D eigenvalue weighted by molar-refractivity contribution is -0.121. The molecule has 0 saturated carbocycles. The number of para-hydroxylation sites is 1. The zero-order chi connectivity index (χ0) is 16.4. The number of hydrogen-bond acceptors (Lipinski definition) is 4. The lowest BCUT2D eigenvalue weighted by Crippen LogP contribution is -2.38. The van der Waals surface area contributed by atoms with Crippen LogP contribution in [0, 0.1) is 0 Å². The Bertz CT molecular complexity index is 572. The average Bonchev–Trinajstić information content (AvgIpc) is 2.46. The van der Waals surface area contributed by atoms with Crippen molar-refractivity contribution in [2.45, 2.75) is 6.42 Å². The van der Waals surface area contributed by atoms with Gasteiger partial charge in [0.2, 0.25) is 15.9 Å². The Kier molecular flexibility index (Phi) is 7.62. The van der Waals surface area contributed by atoms with E-state index in [0.29, 0.717) is 5.75 Å². The molecule has 0 aliphatic carbocycles. The Hall–Kier alpha value is -1.86. The molecule has 1 N–H and O–H groups in total. The molecule has 22 heavy (non-hydrogen) atoms. The summed E-state index contributed by atoms with van der Waals surface area (Å²) in [7, 11) is -3.29. The van der Waals surface area contributed by atoms with Crippen LogP contribution in [-0.4, -0.2) is 51.1 Å². The van der Waals surface area contributed by atoms with E-state index in [4.69, 9.17) is 4.74 Å². The number of nitrogens with one attached hydrogen (secondary N) is 1. The van der Waals surface area contributed by atoms with Gasteiger partial charge in [-0.2, -0.15) is 4.31 Å². The van der Waals surface area contributed by atoms with Gasteiger partial charge >= 0.3 is 0 Å². The highest BCUT2D eigenvalue weighted by Gasteiger charge is 2.14. The van der Waals surface area contributed by atoms with Crippen molar-refractivity contribution in [2.24, 2.45) is 0 Å². The van der Waals surface area contributed by atoms with Crippen LogP contribution in [0.2, 0.25) is 0 Å². The Morgan fingerprint density at radius 2 is 2.05 bits per heavy atom. The Labute approximate surface area is 131 Å². The van der Waals surface area contributed by atoms with E-state index in [-0.39, 0.29) is 38.6 Å². The molecule has 7 heteroatoms. The van der Waals surface area contributed by atoms with Crippen LogP contribution in [0.15, 0.2) is 43.0 Å². The van der Waals surface area contributed by atoms with Gasteiger partial charge in [-0.1, -0.05) is 24.3 Å². The predicted molar refractivity (Wildman–Crippen MR) is 86.2 cm³/mol. The van der Waals surface area contributed by atoms with Crippen LogP contribution in [0.1, 0.15) is 6.42 Å². The Morgan fingerprint density at radius 3 is 2.64 bits per heavy atom. The second kappa shape index (κ2) is 9.22. The van der Waals surface area contributed by atoms with Crippen molar-refractivity contribution in [3.05, 3.63) is 43.0 Å². The van der Waals surface area contributed by atoms with Crippen LogP contribution in [0.4, 0.5) is 0 Å². The molecule has 0 fully saturated rings. The lowest BCUT2D eigenvalue weighted by Gasteiger charge is -2.18. The van der Waals surface area contributed by atoms with Gasteiger partial charge in [0.05, 0.1) is 19.3 Å². The summed E-state index contributed by atoms with van der Waals surface area (Å²) < 4.78 is 29.6. The van der Waals surface area contributed by atoms with Gasteiger partial charge in [0.25, 0.3) is 0 Å². The van der Waals surface area contributed by atoms with Gasteiger partial charge in [-0.05, 0) is 12.1 Å². The predicted octanol–water partition coefficient (Wildman–Crippen LogP) is 1.02. The van der Waals surface area contributed by atoms with Gasteiger partial charge in [0.1, 0.15) is 5.75 Å². The molecule has 0 aromatic heterocycles. The first-order valence-electron chi connectivity index (χ1n) is 6.94. The number of hydrogen-bond donors (Lipinski definition) is 1. The van der Waals surface area contributed by atoms with E-state index in [1.165, 1.54) is 10.4 Å². The molecular formula is C15H22N2O4S. The van der Waals surface area contributed by atoms with Gasteiger partial charge in [0.15, 0.2) is 0 Å². The van der Waals surface area contributed by atoms with E-state index < -0.39 is 10.0 Å². The van der Waals surface area contributed by atoms with Crippen LogP contribution in [0.5, 0.6) is 5.75 Å². The molecule has 1 aromatic carbocycles. The van der Waals surface area contributed by atoms with Crippen LogP contribution >= 0.6 is 0 Å². The first-order chi connectivity index (χ1) is 10.4. The van der Waals surface area contributed by atoms with Gasteiger partial charge in [-0.3, -0.25) is 4.79 Å². The number of amides is 1. The van der Waals surface area contributed by atoms with Crippen LogP contribution in [0.25, 0.3) is 0 Å². The molecule has 0 heterocycles. The van der Waals surface area contributed by atoms with Gasteiger partial charge < -0.3 is 10.1 Å². The third-order valence-corrected chi connectivity index (χ3v) is 4.10. The van der Waals surface area contributed by atoms with Crippen LogP contribution in [-0.2, 0) is 14.8 Å². The minimum atomic E-state index is -3.29. The summed E-state index contributed by atoms with van der Waals surface area (Å²) in [5.41, 5.74) is 0. The smallest absolute Gasteiger partial charge is 0.223 e. The molecule has 0 unspecified atom stereocenters. The standard InChI is InChI=1S/C15H22N2O4S/c1-3-11-17(22(2,19)20)12-10-16-15(18)9-13-21-14-7-5-4-6-8-14/h3-8H,1,9-13H2,2H3,(H,16,18). The van der Waals surface area contributed by atoms with Crippen molar-refractivity contribution in [3.63, 3.8) is 0 Å². The molecule has 122 valence electrons. The number of rotatable bonds is 10. The summed E-state index contributed by atoms with van der Waals surface area (Å²) in [6.07, 6.45) is 2.86. The number of carbonyl (C=O) groups is 1. The fourth-order valence-electron chi connectivity index (χ4n) is 1.72. The number of benzene rings is 1. The van der Waals surface area contributed by atoms with E-state index >= 15 is 0 Å². The summed E-state index contributed by atoms with van der Waals surface area (Å²) in [6.45, 7) is 4.49. The minimum absolute atomic E-state index is 0.178. The Balaban J connectivity index is 2.24. The SMILES string of the molecule is C=CCN(CCNC(=O)CCOc1ccccc1)S(C)(=O)=O. The molecule has 0 aliphatic heterocycles. The summed E-state index contributed by atoms with van der Waals surface area (Å²) in [5, 5.41) is 2.67. The summed E-state index contributed by atoms with van der Waals surface area (Å²) in [6, 6.07) is 9.23. The van der Waals surface area contributed by atoms with Crippen molar-refractivity contribution >= 4 is 15.9 Å². The summed E-state index contributed by atoms with van der Waals surface area (Å²) >= 11 is 0. The highest BCUT2D eigenvalue weighted by Crippen LogP contribution is 2.08. The fourth-order valence-corrected chi connectivity index (χ4v) is 2.52. The number of carbonyl (C=O) groups excluding carboxylic acids is 1. The van der Waals surface area contributed by atoms with Crippen molar-refractivity contribution in [3.8, 4) is 5.75 Å². The zero-order valence-electron chi connectivity index (χ0n) is 12.7. The monoisotopic (exact) mass is 326 g/mol. The molecule has 0 aliphatic rings. The van der Waals surface area contributed by atoms with Gasteiger partial charge in [0, 0.05) is 19.6 Å². The van der Waals surface area contributed by atoms with Gasteiger partial charge in [-0.15, -0.1) is 6.58 Å². The quantitative estimate of drug-likeness (QED) is 0.651. The largest absolute Gasteiger partial charge is 0.493 e. The summed E-state index contributed by atoms with van der Waals surface area (Å²) in [5.74, 6) is 0.535. The van der Waals surface area contributed by atoms with Gasteiger partial charge in [-0.25, -0.2) is 8.42 Å². The maximum Gasteiger partial charge on any atom is 0.223 e. The minimum Gasteiger partial charge on any atom is -0.493 e. The zero-order valence-corrected chi connectivity index (χ0v) is 13.5. The molecule has 1 amide bonds. The third kappa shape index (κ3) is 7.24. The van der Waals surface area contributed by atoms with Crippen LogP contribution in [0.3, 0.4) is 0 Å². The second-order valence-corrected chi connectivity index (χ2v) is 6.65. The maximum absolute atomic E-state index is 11.6. The highest BCUT2D eigenvalue weighted by atomic mass is 32.2. The molecule has 0 bridgehead atoms. The first-order valence-corrected chi connectivity index (χ1v) is 8.79. The molecule has 0 saturated heterocycles. The van der Waals surface area contributed by atoms with E-state index in [1.807, 2.05) is 30.3 Å². The molecule has 0 atom stereocenters. The first kappa shape index (κ1) is 18.2. The molecule has 1 aromatic rings. The number of nitrogens with zero attached hydrogens (tertiary/aromatic N) is 1. The molecule has 1 rings (SSSR count).